The third kappa shape index (κ3) is 14.8. The van der Waals surface area contributed by atoms with Crippen molar-refractivity contribution in [3.05, 3.63) is 0 Å². The summed E-state index contributed by atoms with van der Waals surface area (Å²) >= 11 is 0. The number of carbonyl (C=O) groups is 1. The van der Waals surface area contributed by atoms with Crippen LogP contribution in [0.15, 0.2) is 0 Å². The maximum absolute atomic E-state index is 11.9. The number of unbranched alkanes of at least 4 members (excludes halogenated alkanes) is 14. The quantitative estimate of drug-likeness (QED) is 0.190. The van der Waals surface area contributed by atoms with Gasteiger partial charge in [-0.15, -0.1) is 0 Å². The number of rotatable bonds is 17. The second kappa shape index (κ2) is 18.1. The minimum atomic E-state index is -1.13. The first kappa shape index (κ1) is 23.7. The van der Waals surface area contributed by atoms with Gasteiger partial charge in [-0.05, 0) is 18.5 Å². The maximum Gasteiger partial charge on any atom is 0.292 e. The molecule has 0 spiro atoms. The van der Waals surface area contributed by atoms with Crippen molar-refractivity contribution in [2.75, 3.05) is 0 Å². The summed E-state index contributed by atoms with van der Waals surface area (Å²) in [7, 11) is -1.13. The van der Waals surface area contributed by atoms with E-state index in [1.807, 2.05) is 0 Å². The zero-order valence-electron chi connectivity index (χ0n) is 17.7. The molecule has 1 fully saturated rings. The maximum atomic E-state index is 11.9. The van der Waals surface area contributed by atoms with E-state index >= 15 is 0 Å². The van der Waals surface area contributed by atoms with Gasteiger partial charge >= 0.3 is 0 Å². The molecule has 1 heterocycles. The van der Waals surface area contributed by atoms with Crippen LogP contribution in [-0.2, 0) is 9.22 Å². The minimum absolute atomic E-state index is 0.110. The van der Waals surface area contributed by atoms with Gasteiger partial charge in [-0.25, -0.2) is 0 Å². The largest absolute Gasteiger partial charge is 0.522 e. The second-order valence-electron chi connectivity index (χ2n) is 8.45. The minimum Gasteiger partial charge on any atom is -0.522 e. The molecule has 154 valence electrons. The molecule has 0 aromatic rings. The SMILES string of the molecule is CCCCCCCCCCCCCCCCCC(=O)O[SiH]1CCCCC1. The fourth-order valence-electron chi connectivity index (χ4n) is 4.07. The van der Waals surface area contributed by atoms with Crippen molar-refractivity contribution in [1.29, 1.82) is 0 Å². The Morgan fingerprint density at radius 2 is 1.08 bits per heavy atom. The van der Waals surface area contributed by atoms with E-state index in [0.29, 0.717) is 6.42 Å². The van der Waals surface area contributed by atoms with Crippen LogP contribution in [0.25, 0.3) is 0 Å². The summed E-state index contributed by atoms with van der Waals surface area (Å²) < 4.78 is 5.71. The molecule has 0 N–H and O–H groups in total. The smallest absolute Gasteiger partial charge is 0.292 e. The van der Waals surface area contributed by atoms with Crippen LogP contribution in [0.5, 0.6) is 0 Å². The molecular weight excluding hydrogens is 336 g/mol. The summed E-state index contributed by atoms with van der Waals surface area (Å²) in [4.78, 5) is 11.9. The van der Waals surface area contributed by atoms with E-state index in [9.17, 15) is 4.79 Å². The summed E-state index contributed by atoms with van der Waals surface area (Å²) in [6.07, 6.45) is 25.2. The number of hydrogen-bond acceptors (Lipinski definition) is 2. The lowest BCUT2D eigenvalue weighted by molar-refractivity contribution is -0.135. The standard InChI is InChI=1S/C23H46O2Si/c1-2-3-4-5-6-7-8-9-10-11-12-13-14-15-17-20-23(24)25-26-21-18-16-19-22-26/h26H,2-22H2,1H3. The predicted molar refractivity (Wildman–Crippen MR) is 116 cm³/mol. The van der Waals surface area contributed by atoms with Gasteiger partial charge in [0.1, 0.15) is 0 Å². The molecule has 0 aromatic heterocycles. The average molecular weight is 383 g/mol. The van der Waals surface area contributed by atoms with Gasteiger partial charge in [-0.3, -0.25) is 4.79 Å². The first-order chi connectivity index (χ1) is 12.8. The fourth-order valence-corrected chi connectivity index (χ4v) is 6.57. The Morgan fingerprint density at radius 3 is 1.54 bits per heavy atom. The van der Waals surface area contributed by atoms with Crippen LogP contribution in [0.1, 0.15) is 129 Å². The molecule has 1 rings (SSSR count). The monoisotopic (exact) mass is 382 g/mol. The molecular formula is C23H46O2Si. The summed E-state index contributed by atoms with van der Waals surface area (Å²) in [6, 6.07) is 2.45. The third-order valence-corrected chi connectivity index (χ3v) is 8.54. The van der Waals surface area contributed by atoms with Crippen molar-refractivity contribution in [3.63, 3.8) is 0 Å². The van der Waals surface area contributed by atoms with Crippen LogP contribution in [0, 0.1) is 0 Å². The van der Waals surface area contributed by atoms with E-state index in [1.165, 1.54) is 121 Å². The normalized spacial score (nSPS) is 15.3. The lowest BCUT2D eigenvalue weighted by Crippen LogP contribution is -2.24. The third-order valence-electron chi connectivity index (χ3n) is 5.83. The van der Waals surface area contributed by atoms with Crippen molar-refractivity contribution in [2.24, 2.45) is 0 Å². The molecule has 0 unspecified atom stereocenters. The van der Waals surface area contributed by atoms with E-state index in [1.54, 1.807) is 0 Å². The highest BCUT2D eigenvalue weighted by Crippen LogP contribution is 2.20. The molecule has 0 saturated carbocycles. The van der Waals surface area contributed by atoms with Gasteiger partial charge in [-0.2, -0.15) is 0 Å². The second-order valence-corrected chi connectivity index (χ2v) is 11.1. The number of carbonyl (C=O) groups excluding carboxylic acids is 1. The molecule has 0 atom stereocenters. The molecule has 0 radical (unpaired) electrons. The van der Waals surface area contributed by atoms with Crippen molar-refractivity contribution < 1.29 is 9.22 Å². The van der Waals surface area contributed by atoms with Crippen molar-refractivity contribution >= 4 is 15.0 Å². The van der Waals surface area contributed by atoms with Crippen LogP contribution < -0.4 is 0 Å². The Kier molecular flexibility index (Phi) is 16.5. The van der Waals surface area contributed by atoms with E-state index in [4.69, 9.17) is 4.43 Å². The molecule has 26 heavy (non-hydrogen) atoms. The molecule has 1 saturated heterocycles. The Bertz CT molecular complexity index is 313. The van der Waals surface area contributed by atoms with Crippen molar-refractivity contribution in [2.45, 2.75) is 141 Å². The molecule has 2 nitrogen and oxygen atoms in total. The zero-order valence-corrected chi connectivity index (χ0v) is 18.9. The van der Waals surface area contributed by atoms with Crippen LogP contribution in [0.4, 0.5) is 0 Å². The Hall–Kier alpha value is -0.313. The highest BCUT2D eigenvalue weighted by atomic mass is 28.3. The lowest BCUT2D eigenvalue weighted by Gasteiger charge is -2.20. The van der Waals surface area contributed by atoms with Crippen LogP contribution >= 0.6 is 0 Å². The lowest BCUT2D eigenvalue weighted by atomic mass is 10.0. The highest BCUT2D eigenvalue weighted by Gasteiger charge is 2.19. The summed E-state index contributed by atoms with van der Waals surface area (Å²) in [6.45, 7) is 2.29. The van der Waals surface area contributed by atoms with Gasteiger partial charge in [0.15, 0.2) is 0 Å². The Balaban J connectivity index is 1.73. The van der Waals surface area contributed by atoms with Crippen LogP contribution in [0.2, 0.25) is 12.1 Å². The highest BCUT2D eigenvalue weighted by molar-refractivity contribution is 6.54. The van der Waals surface area contributed by atoms with Gasteiger partial charge in [-0.1, -0.05) is 116 Å². The van der Waals surface area contributed by atoms with Gasteiger partial charge in [0, 0.05) is 6.42 Å². The summed E-state index contributed by atoms with van der Waals surface area (Å²) in [5.41, 5.74) is 0. The van der Waals surface area contributed by atoms with Gasteiger partial charge < -0.3 is 4.43 Å². The van der Waals surface area contributed by atoms with Crippen molar-refractivity contribution in [1.82, 2.24) is 0 Å². The van der Waals surface area contributed by atoms with Crippen LogP contribution in [-0.4, -0.2) is 15.0 Å². The van der Waals surface area contributed by atoms with E-state index in [-0.39, 0.29) is 5.97 Å². The van der Waals surface area contributed by atoms with E-state index < -0.39 is 9.04 Å². The van der Waals surface area contributed by atoms with Crippen molar-refractivity contribution in [3.8, 4) is 0 Å². The topological polar surface area (TPSA) is 26.3 Å². The fraction of sp³-hybridized carbons (Fsp3) is 0.957. The number of hydrogen-bond donors (Lipinski definition) is 0. The summed E-state index contributed by atoms with van der Waals surface area (Å²) in [5, 5.41) is 0. The molecule has 0 aliphatic carbocycles. The van der Waals surface area contributed by atoms with Gasteiger partial charge in [0.25, 0.3) is 5.97 Å². The Morgan fingerprint density at radius 1 is 0.654 bits per heavy atom. The molecule has 0 bridgehead atoms. The van der Waals surface area contributed by atoms with Gasteiger partial charge in [0.05, 0.1) is 0 Å². The first-order valence-corrected chi connectivity index (χ1v) is 14.1. The van der Waals surface area contributed by atoms with E-state index in [2.05, 4.69) is 6.92 Å². The van der Waals surface area contributed by atoms with Crippen LogP contribution in [0.3, 0.4) is 0 Å². The van der Waals surface area contributed by atoms with E-state index in [0.717, 1.165) is 6.42 Å². The molecule has 1 aliphatic rings. The predicted octanol–water partition coefficient (Wildman–Crippen LogP) is 7.70. The summed E-state index contributed by atoms with van der Waals surface area (Å²) in [5.74, 6) is 0.110. The molecule has 3 heteroatoms. The molecule has 0 aromatic carbocycles. The first-order valence-electron chi connectivity index (χ1n) is 12.0. The van der Waals surface area contributed by atoms with Gasteiger partial charge in [0.2, 0.25) is 9.04 Å². The Labute approximate surface area is 165 Å². The zero-order chi connectivity index (χ0) is 18.7. The molecule has 0 amide bonds. The average Bonchev–Trinajstić information content (AvgIpc) is 2.65. The molecule has 1 aliphatic heterocycles.